The Morgan fingerprint density at radius 1 is 1.14 bits per heavy atom. The van der Waals surface area contributed by atoms with Crippen LogP contribution in [-0.4, -0.2) is 29.8 Å². The number of nitrogen functional groups attached to an aromatic ring is 1. The fraction of sp³-hybridized carbons (Fsp3) is 0.483. The molecule has 0 aromatic heterocycles. The van der Waals surface area contributed by atoms with Gasteiger partial charge in [-0.15, -0.1) is 0 Å². The second-order valence-electron chi connectivity index (χ2n) is 9.69. The zero-order chi connectivity index (χ0) is 26.8. The van der Waals surface area contributed by atoms with E-state index >= 15 is 4.39 Å². The molecular formula is C29H42FN3O3. The summed E-state index contributed by atoms with van der Waals surface area (Å²) in [5.41, 5.74) is 8.11. The highest BCUT2D eigenvalue weighted by Crippen LogP contribution is 2.27. The van der Waals surface area contributed by atoms with Crippen LogP contribution in [0.25, 0.3) is 11.1 Å². The third kappa shape index (κ3) is 8.15. The maximum absolute atomic E-state index is 15.1. The van der Waals surface area contributed by atoms with Gasteiger partial charge in [0.15, 0.2) is 0 Å². The number of carbonyl (C=O) groups excluding carboxylic acids is 1. The van der Waals surface area contributed by atoms with Crippen molar-refractivity contribution in [3.8, 4) is 11.1 Å². The minimum absolute atomic E-state index is 0.106. The Hall–Kier alpha value is -2.74. The van der Waals surface area contributed by atoms with E-state index in [4.69, 9.17) is 10.6 Å². The predicted octanol–water partition coefficient (Wildman–Crippen LogP) is 5.63. The molecule has 0 aliphatic heterocycles. The Labute approximate surface area is 215 Å². The number of nitrogens with two attached hydrogens (primary N) is 1. The van der Waals surface area contributed by atoms with Gasteiger partial charge in [-0.2, -0.15) is 0 Å². The number of allylic oxidation sites excluding steroid dienone is 2. The van der Waals surface area contributed by atoms with Crippen molar-refractivity contribution in [3.63, 3.8) is 0 Å². The molecule has 2 aromatic rings. The molecule has 3 atom stereocenters. The Morgan fingerprint density at radius 2 is 1.81 bits per heavy atom. The van der Waals surface area contributed by atoms with Gasteiger partial charge in [0.25, 0.3) is 5.91 Å². The Bertz CT molecular complexity index is 1050. The molecule has 3 unspecified atom stereocenters. The quantitative estimate of drug-likeness (QED) is 0.212. The highest BCUT2D eigenvalue weighted by Gasteiger charge is 2.22. The van der Waals surface area contributed by atoms with Crippen molar-refractivity contribution in [2.24, 2.45) is 11.8 Å². The standard InChI is InChI=1S/C29H42FN3O3/c1-7-9-19(5)27(34)17-36-28(8-2)29(35)32-26(18(3)4)16-23-11-10-22(15-24(23)30)21-12-13-25(33-31)20(6)14-21/h10-15,19,27-28,33-34H,7-9,16-17,31H2,1-6H3,(H,32,35). The molecule has 0 fully saturated rings. The highest BCUT2D eigenvalue weighted by atomic mass is 19.1. The number of ether oxygens (including phenoxy) is 1. The van der Waals surface area contributed by atoms with Crippen LogP contribution in [-0.2, 0) is 16.0 Å². The molecule has 0 heterocycles. The summed E-state index contributed by atoms with van der Waals surface area (Å²) in [6.07, 6.45) is 1.29. The number of rotatable bonds is 13. The van der Waals surface area contributed by atoms with Gasteiger partial charge in [0.1, 0.15) is 11.9 Å². The molecule has 0 spiro atoms. The van der Waals surface area contributed by atoms with Gasteiger partial charge >= 0.3 is 0 Å². The molecule has 36 heavy (non-hydrogen) atoms. The number of hydrazine groups is 1. The number of benzene rings is 2. The van der Waals surface area contributed by atoms with Crippen LogP contribution in [0.2, 0.25) is 0 Å². The second-order valence-corrected chi connectivity index (χ2v) is 9.69. The molecule has 198 valence electrons. The summed E-state index contributed by atoms with van der Waals surface area (Å²) < 4.78 is 20.9. The van der Waals surface area contributed by atoms with Crippen LogP contribution in [0.5, 0.6) is 0 Å². The maximum atomic E-state index is 15.1. The number of halogens is 1. The summed E-state index contributed by atoms with van der Waals surface area (Å²) in [6.45, 7) is 11.7. The number of aliphatic hydroxyl groups is 1. The summed E-state index contributed by atoms with van der Waals surface area (Å²) in [6, 6.07) is 10.9. The van der Waals surface area contributed by atoms with Crippen molar-refractivity contribution >= 4 is 11.6 Å². The van der Waals surface area contributed by atoms with Crippen molar-refractivity contribution in [2.45, 2.75) is 79.4 Å². The van der Waals surface area contributed by atoms with E-state index in [1.165, 1.54) is 6.07 Å². The number of carbonyl (C=O) groups is 1. The molecule has 0 saturated carbocycles. The van der Waals surface area contributed by atoms with Gasteiger partial charge in [0.05, 0.1) is 18.4 Å². The molecule has 2 aromatic carbocycles. The van der Waals surface area contributed by atoms with Crippen molar-refractivity contribution in [2.75, 3.05) is 12.0 Å². The molecular weight excluding hydrogens is 457 g/mol. The fourth-order valence-electron chi connectivity index (χ4n) is 4.05. The zero-order valence-corrected chi connectivity index (χ0v) is 22.5. The van der Waals surface area contributed by atoms with Gasteiger partial charge in [0, 0.05) is 12.1 Å². The number of aliphatic hydroxyl groups excluding tert-OH is 1. The Morgan fingerprint density at radius 3 is 2.36 bits per heavy atom. The highest BCUT2D eigenvalue weighted by molar-refractivity contribution is 5.82. The van der Waals surface area contributed by atoms with Crippen LogP contribution in [0.4, 0.5) is 10.1 Å². The first kappa shape index (κ1) is 29.5. The monoisotopic (exact) mass is 499 g/mol. The molecule has 1 amide bonds. The first-order valence-corrected chi connectivity index (χ1v) is 12.7. The summed E-state index contributed by atoms with van der Waals surface area (Å²) in [4.78, 5) is 12.9. The van der Waals surface area contributed by atoms with Gasteiger partial charge in [-0.3, -0.25) is 10.6 Å². The smallest absolute Gasteiger partial charge is 0.253 e. The maximum Gasteiger partial charge on any atom is 0.253 e. The average molecular weight is 500 g/mol. The van der Waals surface area contributed by atoms with Gasteiger partial charge < -0.3 is 20.6 Å². The largest absolute Gasteiger partial charge is 0.390 e. The Balaban J connectivity index is 2.10. The van der Waals surface area contributed by atoms with Crippen LogP contribution < -0.4 is 16.6 Å². The van der Waals surface area contributed by atoms with Crippen molar-refractivity contribution in [3.05, 3.63) is 64.6 Å². The van der Waals surface area contributed by atoms with Crippen LogP contribution in [0, 0.1) is 18.7 Å². The average Bonchev–Trinajstić information content (AvgIpc) is 2.84. The summed E-state index contributed by atoms with van der Waals surface area (Å²) >= 11 is 0. The summed E-state index contributed by atoms with van der Waals surface area (Å²) in [5.74, 6) is 4.99. The lowest BCUT2D eigenvalue weighted by molar-refractivity contribution is -0.135. The van der Waals surface area contributed by atoms with Gasteiger partial charge in [0.2, 0.25) is 0 Å². The molecule has 5 N–H and O–H groups in total. The second kappa shape index (κ2) is 14.1. The van der Waals surface area contributed by atoms with Gasteiger partial charge in [-0.1, -0.05) is 51.0 Å². The third-order valence-electron chi connectivity index (χ3n) is 6.55. The normalized spacial score (nSPS) is 13.6. The van der Waals surface area contributed by atoms with E-state index in [1.54, 1.807) is 6.07 Å². The van der Waals surface area contributed by atoms with Crippen LogP contribution >= 0.6 is 0 Å². The minimum Gasteiger partial charge on any atom is -0.390 e. The molecule has 0 bridgehead atoms. The van der Waals surface area contributed by atoms with E-state index in [2.05, 4.69) is 17.7 Å². The zero-order valence-electron chi connectivity index (χ0n) is 22.5. The molecule has 0 aliphatic rings. The molecule has 7 heteroatoms. The molecule has 0 saturated heterocycles. The molecule has 0 aliphatic carbocycles. The number of hydrogen-bond acceptors (Lipinski definition) is 5. The van der Waals surface area contributed by atoms with Crippen LogP contribution in [0.3, 0.4) is 0 Å². The number of aryl methyl sites for hydroxylation is 1. The first-order chi connectivity index (χ1) is 17.1. The lowest BCUT2D eigenvalue weighted by Gasteiger charge is -2.23. The van der Waals surface area contributed by atoms with Crippen molar-refractivity contribution in [1.82, 2.24) is 5.32 Å². The molecule has 2 rings (SSSR count). The van der Waals surface area contributed by atoms with E-state index in [1.807, 2.05) is 58.9 Å². The Kier molecular flexibility index (Phi) is 11.6. The number of amides is 1. The van der Waals surface area contributed by atoms with Crippen molar-refractivity contribution < 1.29 is 19.0 Å². The third-order valence-corrected chi connectivity index (χ3v) is 6.55. The first-order valence-electron chi connectivity index (χ1n) is 12.7. The molecule has 6 nitrogen and oxygen atoms in total. The van der Waals surface area contributed by atoms with Crippen LogP contribution in [0.1, 0.15) is 65.0 Å². The fourth-order valence-corrected chi connectivity index (χ4v) is 4.05. The van der Waals surface area contributed by atoms with E-state index in [-0.39, 0.29) is 30.7 Å². The van der Waals surface area contributed by atoms with E-state index < -0.39 is 12.2 Å². The predicted molar refractivity (Wildman–Crippen MR) is 145 cm³/mol. The topological polar surface area (TPSA) is 96.6 Å². The number of anilines is 1. The van der Waals surface area contributed by atoms with E-state index in [9.17, 15) is 9.90 Å². The lowest BCUT2D eigenvalue weighted by Crippen LogP contribution is -2.38. The number of hydrogen-bond donors (Lipinski definition) is 4. The summed E-state index contributed by atoms with van der Waals surface area (Å²) in [7, 11) is 0. The van der Waals surface area contributed by atoms with E-state index in [0.717, 1.165) is 40.8 Å². The molecule has 0 radical (unpaired) electrons. The van der Waals surface area contributed by atoms with Crippen LogP contribution in [0.15, 0.2) is 47.7 Å². The summed E-state index contributed by atoms with van der Waals surface area (Å²) in [5, 5.41) is 13.2. The van der Waals surface area contributed by atoms with E-state index in [0.29, 0.717) is 17.7 Å². The SMILES string of the molecule is CCCC(C)C(O)COC(CC)C(=O)NC(Cc1ccc(-c2ccc(NN)c(C)c2)cc1F)=C(C)C. The van der Waals surface area contributed by atoms with Gasteiger partial charge in [-0.25, -0.2) is 4.39 Å². The lowest BCUT2D eigenvalue weighted by atomic mass is 9.98. The minimum atomic E-state index is -0.690. The number of nitrogens with one attached hydrogen (secondary N) is 2. The van der Waals surface area contributed by atoms with Gasteiger partial charge in [-0.05, 0) is 80.0 Å². The van der Waals surface area contributed by atoms with Crippen molar-refractivity contribution in [1.29, 1.82) is 0 Å².